The van der Waals surface area contributed by atoms with E-state index >= 15 is 0 Å². The third-order valence-corrected chi connectivity index (χ3v) is 2.85. The summed E-state index contributed by atoms with van der Waals surface area (Å²) in [5.74, 6) is -0.412. The zero-order valence-corrected chi connectivity index (χ0v) is 11.8. The highest BCUT2D eigenvalue weighted by molar-refractivity contribution is 6.09. The third kappa shape index (κ3) is 3.93. The molecule has 0 saturated carbocycles. The number of amides is 1. The predicted molar refractivity (Wildman–Crippen MR) is 81.6 cm³/mol. The van der Waals surface area contributed by atoms with E-state index in [0.717, 1.165) is 0 Å². The summed E-state index contributed by atoms with van der Waals surface area (Å²) in [6.07, 6.45) is 1.33. The number of nitriles is 1. The van der Waals surface area contributed by atoms with E-state index < -0.39 is 11.7 Å². The minimum Gasteiger partial charge on any atom is -0.497 e. The quantitative estimate of drug-likeness (QED) is 0.695. The third-order valence-electron chi connectivity index (χ3n) is 2.85. The first kappa shape index (κ1) is 15.3. The number of benzene rings is 2. The first-order chi connectivity index (χ1) is 10.6. The Kier molecular flexibility index (Phi) is 4.89. The van der Waals surface area contributed by atoms with Gasteiger partial charge in [0, 0.05) is 11.8 Å². The Balaban J connectivity index is 2.20. The lowest BCUT2D eigenvalue weighted by atomic mass is 10.1. The summed E-state index contributed by atoms with van der Waals surface area (Å²) in [5.41, 5.74) is 0.829. The van der Waals surface area contributed by atoms with Gasteiger partial charge in [0.15, 0.2) is 0 Å². The van der Waals surface area contributed by atoms with Gasteiger partial charge in [-0.2, -0.15) is 5.26 Å². The largest absolute Gasteiger partial charge is 0.497 e. The fourth-order valence-electron chi connectivity index (χ4n) is 1.81. The molecule has 0 aromatic heterocycles. The zero-order chi connectivity index (χ0) is 15.9. The second kappa shape index (κ2) is 7.04. The summed E-state index contributed by atoms with van der Waals surface area (Å²) in [6, 6.07) is 14.2. The normalized spacial score (nSPS) is 10.7. The fourth-order valence-corrected chi connectivity index (χ4v) is 1.81. The molecule has 110 valence electrons. The predicted octanol–water partition coefficient (Wildman–Crippen LogP) is 3.38. The Morgan fingerprint density at radius 2 is 2.05 bits per heavy atom. The van der Waals surface area contributed by atoms with Gasteiger partial charge in [-0.3, -0.25) is 4.79 Å². The van der Waals surface area contributed by atoms with Crippen LogP contribution in [0.4, 0.5) is 10.1 Å². The number of rotatable bonds is 4. The van der Waals surface area contributed by atoms with Crippen LogP contribution in [0.25, 0.3) is 6.08 Å². The van der Waals surface area contributed by atoms with Crippen molar-refractivity contribution in [3.63, 3.8) is 0 Å². The monoisotopic (exact) mass is 296 g/mol. The molecule has 0 spiro atoms. The lowest BCUT2D eigenvalue weighted by Crippen LogP contribution is -2.13. The number of nitrogens with zero attached hydrogens (tertiary/aromatic N) is 1. The summed E-state index contributed by atoms with van der Waals surface area (Å²) < 4.78 is 18.2. The summed E-state index contributed by atoms with van der Waals surface area (Å²) >= 11 is 0. The molecule has 0 atom stereocenters. The summed E-state index contributed by atoms with van der Waals surface area (Å²) in [4.78, 5) is 12.1. The molecule has 2 rings (SSSR count). The molecule has 0 radical (unpaired) electrons. The minimum atomic E-state index is -0.569. The van der Waals surface area contributed by atoms with Crippen molar-refractivity contribution in [1.29, 1.82) is 5.26 Å². The second-order valence-corrected chi connectivity index (χ2v) is 4.41. The standard InChI is InChI=1S/C17H13FN2O2/c1-22-16-7-3-6-15(10-16)20-17(21)13(11-19)8-12-4-2-5-14(18)9-12/h2-10H,1H3,(H,20,21)/b13-8-. The molecule has 1 N–H and O–H groups in total. The summed E-state index contributed by atoms with van der Waals surface area (Å²) in [6.45, 7) is 0. The zero-order valence-electron chi connectivity index (χ0n) is 11.8. The molecule has 2 aromatic carbocycles. The van der Waals surface area contributed by atoms with Crippen LogP contribution in [0.3, 0.4) is 0 Å². The van der Waals surface area contributed by atoms with Gasteiger partial charge < -0.3 is 10.1 Å². The Labute approximate surface area is 127 Å². The lowest BCUT2D eigenvalue weighted by Gasteiger charge is -2.06. The molecule has 0 bridgehead atoms. The Morgan fingerprint density at radius 1 is 1.27 bits per heavy atom. The van der Waals surface area contributed by atoms with Crippen LogP contribution in [-0.2, 0) is 4.79 Å². The van der Waals surface area contributed by atoms with E-state index in [1.807, 2.05) is 6.07 Å². The van der Waals surface area contributed by atoms with E-state index in [9.17, 15) is 9.18 Å². The molecule has 4 nitrogen and oxygen atoms in total. The van der Waals surface area contributed by atoms with Gasteiger partial charge in [-0.1, -0.05) is 18.2 Å². The van der Waals surface area contributed by atoms with Gasteiger partial charge in [-0.05, 0) is 35.9 Å². The van der Waals surface area contributed by atoms with Crippen molar-refractivity contribution in [1.82, 2.24) is 0 Å². The van der Waals surface area contributed by atoms with Gasteiger partial charge in [-0.25, -0.2) is 4.39 Å². The summed E-state index contributed by atoms with van der Waals surface area (Å²) in [5, 5.41) is 11.7. The van der Waals surface area contributed by atoms with Gasteiger partial charge in [0.2, 0.25) is 0 Å². The van der Waals surface area contributed by atoms with Gasteiger partial charge in [-0.15, -0.1) is 0 Å². The number of halogens is 1. The van der Waals surface area contributed by atoms with Crippen molar-refractivity contribution < 1.29 is 13.9 Å². The van der Waals surface area contributed by atoms with Crippen molar-refractivity contribution in [3.8, 4) is 11.8 Å². The minimum absolute atomic E-state index is 0.117. The Morgan fingerprint density at radius 3 is 2.73 bits per heavy atom. The average Bonchev–Trinajstić information content (AvgIpc) is 2.52. The Hall–Kier alpha value is -3.13. The highest BCUT2D eigenvalue weighted by Crippen LogP contribution is 2.18. The molecule has 0 unspecified atom stereocenters. The van der Waals surface area contributed by atoms with E-state index in [2.05, 4.69) is 5.32 Å². The maximum atomic E-state index is 13.1. The number of carbonyl (C=O) groups is 1. The second-order valence-electron chi connectivity index (χ2n) is 4.41. The van der Waals surface area contributed by atoms with Crippen LogP contribution >= 0.6 is 0 Å². The first-order valence-electron chi connectivity index (χ1n) is 6.45. The van der Waals surface area contributed by atoms with Crippen LogP contribution in [0.2, 0.25) is 0 Å². The van der Waals surface area contributed by atoms with E-state index in [0.29, 0.717) is 17.0 Å². The molecule has 5 heteroatoms. The van der Waals surface area contributed by atoms with Crippen LogP contribution in [0.15, 0.2) is 54.1 Å². The van der Waals surface area contributed by atoms with Crippen LogP contribution in [-0.4, -0.2) is 13.0 Å². The smallest absolute Gasteiger partial charge is 0.266 e. The molecule has 2 aromatic rings. The topological polar surface area (TPSA) is 62.1 Å². The van der Waals surface area contributed by atoms with E-state index in [1.54, 1.807) is 30.3 Å². The number of carbonyl (C=O) groups excluding carboxylic acids is 1. The molecule has 1 amide bonds. The van der Waals surface area contributed by atoms with Crippen molar-refractivity contribution in [3.05, 3.63) is 65.5 Å². The molecular weight excluding hydrogens is 283 g/mol. The number of hydrogen-bond donors (Lipinski definition) is 1. The Bertz CT molecular complexity index is 763. The van der Waals surface area contributed by atoms with Crippen LogP contribution < -0.4 is 10.1 Å². The van der Waals surface area contributed by atoms with Crippen LogP contribution in [0.5, 0.6) is 5.75 Å². The van der Waals surface area contributed by atoms with Gasteiger partial charge >= 0.3 is 0 Å². The number of nitrogens with one attached hydrogen (secondary N) is 1. The van der Waals surface area contributed by atoms with E-state index in [-0.39, 0.29) is 5.57 Å². The van der Waals surface area contributed by atoms with Gasteiger partial charge in [0.1, 0.15) is 23.2 Å². The average molecular weight is 296 g/mol. The summed E-state index contributed by atoms with van der Waals surface area (Å²) in [7, 11) is 1.52. The number of ether oxygens (including phenoxy) is 1. The highest BCUT2D eigenvalue weighted by Gasteiger charge is 2.10. The molecule has 0 heterocycles. The maximum Gasteiger partial charge on any atom is 0.266 e. The molecule has 0 aliphatic heterocycles. The number of methoxy groups -OCH3 is 1. The van der Waals surface area contributed by atoms with E-state index in [4.69, 9.17) is 10.00 Å². The molecule has 0 aliphatic carbocycles. The molecule has 22 heavy (non-hydrogen) atoms. The van der Waals surface area contributed by atoms with E-state index in [1.165, 1.54) is 31.4 Å². The number of hydrogen-bond acceptors (Lipinski definition) is 3. The van der Waals surface area contributed by atoms with Crippen molar-refractivity contribution in [2.75, 3.05) is 12.4 Å². The molecule has 0 aliphatic rings. The van der Waals surface area contributed by atoms with Gasteiger partial charge in [0.05, 0.1) is 7.11 Å². The SMILES string of the molecule is COc1cccc(NC(=O)/C(C#N)=C\c2cccc(F)c2)c1. The van der Waals surface area contributed by atoms with Crippen LogP contribution in [0, 0.1) is 17.1 Å². The van der Waals surface area contributed by atoms with Gasteiger partial charge in [0.25, 0.3) is 5.91 Å². The van der Waals surface area contributed by atoms with Crippen LogP contribution in [0.1, 0.15) is 5.56 Å². The fraction of sp³-hybridized carbons (Fsp3) is 0.0588. The number of anilines is 1. The van der Waals surface area contributed by atoms with Crippen molar-refractivity contribution in [2.24, 2.45) is 0 Å². The maximum absolute atomic E-state index is 13.1. The lowest BCUT2D eigenvalue weighted by molar-refractivity contribution is -0.112. The molecular formula is C17H13FN2O2. The molecule has 0 fully saturated rings. The van der Waals surface area contributed by atoms with Crippen molar-refractivity contribution in [2.45, 2.75) is 0 Å². The highest BCUT2D eigenvalue weighted by atomic mass is 19.1. The first-order valence-corrected chi connectivity index (χ1v) is 6.45. The van der Waals surface area contributed by atoms with Crippen molar-refractivity contribution >= 4 is 17.7 Å². The molecule has 0 saturated heterocycles.